The number of nitrogens with zero attached hydrogens (tertiary/aromatic N) is 12. The molecule has 0 N–H and O–H groups in total. The molecule has 0 spiro atoms. The number of furan rings is 2. The zero-order valence-electron chi connectivity index (χ0n) is 74.9. The van der Waals surface area contributed by atoms with E-state index in [-0.39, 0.29) is 0 Å². The lowest BCUT2D eigenvalue weighted by atomic mass is 10.0. The van der Waals surface area contributed by atoms with Crippen LogP contribution in [0.25, 0.3) is 256 Å². The number of benzene rings is 20. The van der Waals surface area contributed by atoms with Crippen LogP contribution >= 0.6 is 11.3 Å². The predicted molar refractivity (Wildman–Crippen MR) is 574 cm³/mol. The summed E-state index contributed by atoms with van der Waals surface area (Å²) in [5.74, 6) is 0. The molecule has 0 aliphatic rings. The van der Waals surface area contributed by atoms with Gasteiger partial charge in [0.2, 0.25) is 5.69 Å². The molecule has 29 aromatic rings. The van der Waals surface area contributed by atoms with Gasteiger partial charge in [0.25, 0.3) is 0 Å². The van der Waals surface area contributed by atoms with E-state index in [9.17, 15) is 26.3 Å². The molecule has 0 aliphatic carbocycles. The molecule has 20 aromatic carbocycles. The van der Waals surface area contributed by atoms with Crippen LogP contribution in [0.5, 0.6) is 0 Å². The summed E-state index contributed by atoms with van der Waals surface area (Å²) in [7, 11) is 0. The molecule has 0 saturated heterocycles. The van der Waals surface area contributed by atoms with Gasteiger partial charge in [-0.2, -0.15) is 26.3 Å². The van der Waals surface area contributed by atoms with Gasteiger partial charge in [0.1, 0.15) is 52.7 Å². The summed E-state index contributed by atoms with van der Waals surface area (Å²) in [5.41, 5.74) is 26.1. The maximum atomic E-state index is 10.8. The predicted octanol–water partition coefficient (Wildman–Crippen LogP) is 33.1. The zero-order valence-corrected chi connectivity index (χ0v) is 75.7. The van der Waals surface area contributed by atoms with Gasteiger partial charge in [-0.3, -0.25) is 0 Å². The number of hydrogen-bond donors (Lipinski definition) is 0. The minimum Gasteiger partial charge on any atom is -0.455 e. The van der Waals surface area contributed by atoms with Gasteiger partial charge in [-0.1, -0.05) is 261 Å². The number of hydrogen-bond acceptors (Lipinski definition) is 8. The van der Waals surface area contributed by atoms with Gasteiger partial charge in [-0.15, -0.1) is 11.3 Å². The molecule has 0 aliphatic heterocycles. The first-order valence-corrected chi connectivity index (χ1v) is 47.2. The van der Waals surface area contributed by atoms with Crippen molar-refractivity contribution in [3.63, 3.8) is 0 Å². The van der Waals surface area contributed by atoms with Crippen molar-refractivity contribution in [3.8, 4) is 86.7 Å². The highest BCUT2D eigenvalue weighted by atomic mass is 32.1. The first kappa shape index (κ1) is 80.6. The lowest BCUT2D eigenvalue weighted by Crippen LogP contribution is -2.07. The molecule has 0 unspecified atom stereocenters. The van der Waals surface area contributed by atoms with E-state index < -0.39 is 0 Å². The second-order valence-corrected chi connectivity index (χ2v) is 36.4. The Hall–Kier alpha value is -20.0. The summed E-state index contributed by atoms with van der Waals surface area (Å²) >= 11 is 1.82. The fourth-order valence-electron chi connectivity index (χ4n) is 22.2. The van der Waals surface area contributed by atoms with Crippen LogP contribution in [0.4, 0.5) is 5.69 Å². The third-order valence-electron chi connectivity index (χ3n) is 28.2. The Labute approximate surface area is 807 Å². The second kappa shape index (κ2) is 31.8. The quantitative estimate of drug-likeness (QED) is 0.136. The fraction of sp³-hybridized carbons (Fsp3) is 0. The summed E-state index contributed by atoms with van der Waals surface area (Å²) in [4.78, 5) is 4.07. The average Bonchev–Trinajstić information content (AvgIpc) is 1.58. The van der Waals surface area contributed by atoms with Gasteiger partial charge in [0.05, 0.1) is 145 Å². The van der Waals surface area contributed by atoms with Crippen molar-refractivity contribution in [2.45, 2.75) is 0 Å². The molecule has 14 nitrogen and oxygen atoms in total. The van der Waals surface area contributed by atoms with Gasteiger partial charge in [0, 0.05) is 95.6 Å². The van der Waals surface area contributed by atoms with E-state index in [2.05, 4.69) is 305 Å². The lowest BCUT2D eigenvalue weighted by molar-refractivity contribution is 0.672. The Morgan fingerprint density at radius 1 is 0.227 bits per heavy atom. The van der Waals surface area contributed by atoms with Crippen LogP contribution in [0.2, 0.25) is 0 Å². The van der Waals surface area contributed by atoms with Crippen molar-refractivity contribution in [3.05, 3.63) is 452 Å². The monoisotopic (exact) mass is 1810 g/mol. The molecule has 9 heterocycles. The summed E-state index contributed by atoms with van der Waals surface area (Å²) in [6, 6.07) is 153. The first-order valence-electron chi connectivity index (χ1n) is 46.3. The molecule has 650 valence electrons. The number of para-hydroxylation sites is 9. The molecule has 0 saturated carbocycles. The fourth-order valence-corrected chi connectivity index (χ4v) is 23.5. The van der Waals surface area contributed by atoms with Gasteiger partial charge in [0.15, 0.2) is 0 Å². The van der Waals surface area contributed by atoms with Crippen LogP contribution in [-0.4, -0.2) is 27.4 Å². The van der Waals surface area contributed by atoms with E-state index >= 15 is 0 Å². The van der Waals surface area contributed by atoms with Crippen LogP contribution in [-0.2, 0) is 0 Å². The van der Waals surface area contributed by atoms with Crippen LogP contribution in [0.15, 0.2) is 421 Å². The van der Waals surface area contributed by atoms with Gasteiger partial charge >= 0.3 is 0 Å². The first-order chi connectivity index (χ1) is 69.8. The van der Waals surface area contributed by atoms with Gasteiger partial charge in [-0.05, 0) is 174 Å². The summed E-state index contributed by atoms with van der Waals surface area (Å²) in [6.07, 6.45) is 0. The van der Waals surface area contributed by atoms with Crippen molar-refractivity contribution >= 4 is 212 Å². The second-order valence-electron chi connectivity index (χ2n) is 35.4. The number of nitriles is 5. The number of rotatable bonds is 8. The van der Waals surface area contributed by atoms with Crippen LogP contribution in [0.3, 0.4) is 0 Å². The Morgan fingerprint density at radius 3 is 0.979 bits per heavy atom. The summed E-state index contributed by atoms with van der Waals surface area (Å²) < 4.78 is 28.8. The van der Waals surface area contributed by atoms with E-state index in [4.69, 9.17) is 15.4 Å². The van der Waals surface area contributed by atoms with Crippen molar-refractivity contribution in [1.82, 2.24) is 27.4 Å². The van der Waals surface area contributed by atoms with E-state index in [1.807, 2.05) is 169 Å². The highest BCUT2D eigenvalue weighted by Gasteiger charge is 2.31. The Kier molecular flexibility index (Phi) is 18.2. The Bertz CT molecular complexity index is 10600. The number of thiophene rings is 1. The Morgan fingerprint density at radius 2 is 0.560 bits per heavy atom. The van der Waals surface area contributed by atoms with E-state index in [0.717, 1.165) is 203 Å². The molecule has 15 heteroatoms. The molecule has 141 heavy (non-hydrogen) atoms. The molecule has 29 rings (SSSR count). The van der Waals surface area contributed by atoms with Crippen LogP contribution < -0.4 is 0 Å². The van der Waals surface area contributed by atoms with E-state index in [1.165, 1.54) is 25.6 Å². The molecular weight excluding hydrogens is 1750 g/mol. The lowest BCUT2D eigenvalue weighted by Gasteiger charge is -2.19. The van der Waals surface area contributed by atoms with Crippen LogP contribution in [0.1, 0.15) is 27.8 Å². The standard InChI is InChI=1S/2C44H24N4O.C38H20N4S/c1-46-35-25-40(29(26-45)24-41(35)47-36-16-8-5-13-30(36)31-14-6-9-17-37(31)47)48-38-21-19-28(27-11-3-2-4-12-27)23-34(38)43-39(48)22-20-33-32-15-7-10-18-42(32)49-44(33)43;45-25-29-19-22-40(43(35(29)26-46)48-36-15-7-4-12-30(36)31-13-5-8-16-37(31)48)47-38-21-18-28(27-10-2-1-3-11-27)24-34(38)42-39(47)23-20-33-32-14-6-9-17-41(32)49-44(33)42;39-21-23-17-19-34(37(29(23)22-40)42-30-13-5-1-9-24(30)25-10-2-6-14-31(25)42)41-32-15-7-3-12-28(32)36-33(41)20-18-27-26-11-4-8-16-35(26)43-38(27)36/h2-25H;1-24H;1-20H. The smallest absolute Gasteiger partial charge is 0.212 e. The normalized spacial score (nSPS) is 11.6. The number of aromatic nitrogens is 6. The van der Waals surface area contributed by atoms with Gasteiger partial charge < -0.3 is 36.2 Å². The molecule has 0 fully saturated rings. The topological polar surface area (TPSA) is 179 Å². The van der Waals surface area contributed by atoms with Crippen molar-refractivity contribution < 1.29 is 8.83 Å². The highest BCUT2D eigenvalue weighted by Crippen LogP contribution is 2.51. The third kappa shape index (κ3) is 12.0. The summed E-state index contributed by atoms with van der Waals surface area (Å²) in [6.45, 7) is 8.38. The molecule has 0 bridgehead atoms. The van der Waals surface area contributed by atoms with Crippen molar-refractivity contribution in [2.24, 2.45) is 0 Å². The van der Waals surface area contributed by atoms with E-state index in [0.29, 0.717) is 56.3 Å². The average molecular weight is 1810 g/mol. The highest BCUT2D eigenvalue weighted by molar-refractivity contribution is 7.26. The summed E-state index contributed by atoms with van der Waals surface area (Å²) in [5, 5.41) is 72.2. The van der Waals surface area contributed by atoms with Crippen molar-refractivity contribution in [2.75, 3.05) is 0 Å². The molecule has 0 radical (unpaired) electrons. The molecule has 0 atom stereocenters. The zero-order chi connectivity index (χ0) is 93.9. The SMILES string of the molecule is N#Cc1ccc(-n2c3ccc(-c4ccccc4)cc3c3c4oc5ccccc5c4ccc32)c(-n2c3ccccc3c3ccccc32)c1C#N.N#Cc1ccc(-n2c3ccccc3c3c4sc5ccccc5c4ccc32)c(-n2c3ccccc3c3ccccc32)c1C#N.[C-]#[N+]c1cc(-n2c3ccc(-c4ccccc4)cc3c3c4oc5ccccc5c4ccc32)c(C#N)cc1-n1c2ccccc2c2ccccc21. The maximum Gasteiger partial charge on any atom is 0.212 e. The van der Waals surface area contributed by atoms with Gasteiger partial charge in [-0.25, -0.2) is 4.85 Å². The molecule has 0 amide bonds. The maximum absolute atomic E-state index is 10.8. The van der Waals surface area contributed by atoms with E-state index in [1.54, 1.807) is 12.1 Å². The largest absolute Gasteiger partial charge is 0.455 e. The molecule has 9 aromatic heterocycles. The number of fused-ring (bicyclic) bond motifs is 30. The minimum absolute atomic E-state index is 0.326. The van der Waals surface area contributed by atoms with Crippen LogP contribution in [0, 0.1) is 63.2 Å². The molecular formula is C126H68N12O2S. The van der Waals surface area contributed by atoms with Crippen molar-refractivity contribution in [1.29, 1.82) is 26.3 Å². The third-order valence-corrected chi connectivity index (χ3v) is 29.4. The Balaban J connectivity index is 0.000000106. The minimum atomic E-state index is 0.326.